The molecule has 0 bridgehead atoms. The third-order valence-corrected chi connectivity index (χ3v) is 3.58. The highest BCUT2D eigenvalue weighted by Gasteiger charge is 2.15. The number of esters is 1. The topological polar surface area (TPSA) is 108 Å². The fraction of sp³-hybridized carbons (Fsp3) is 0.263. The average Bonchev–Trinajstić information content (AvgIpc) is 3.01. The van der Waals surface area contributed by atoms with Crippen LogP contribution in [0.3, 0.4) is 0 Å². The second-order valence-electron chi connectivity index (χ2n) is 5.57. The Balaban J connectivity index is 2.47. The minimum Gasteiger partial charge on any atom is -0.550 e. The van der Waals surface area contributed by atoms with Crippen molar-refractivity contribution in [1.29, 1.82) is 5.26 Å². The fourth-order valence-corrected chi connectivity index (χ4v) is 2.30. The first kappa shape index (κ1) is 18.9. The molecule has 134 valence electrons. The number of hydrogen-bond acceptors (Lipinski definition) is 6. The normalized spacial score (nSPS) is 11.0. The lowest BCUT2D eigenvalue weighted by atomic mass is 10.0. The number of carboxylic acids is 1. The summed E-state index contributed by atoms with van der Waals surface area (Å²) in [6.07, 6.45) is 2.80. The molecule has 0 fully saturated rings. The average molecular weight is 352 g/mol. The summed E-state index contributed by atoms with van der Waals surface area (Å²) in [7, 11) is 0. The molecule has 7 nitrogen and oxygen atoms in total. The van der Waals surface area contributed by atoms with E-state index in [1.807, 2.05) is 37.3 Å². The Hall–Kier alpha value is -3.40. The van der Waals surface area contributed by atoms with Crippen LogP contribution in [-0.4, -0.2) is 28.3 Å². The maximum atomic E-state index is 11.9. The summed E-state index contributed by atoms with van der Waals surface area (Å²) >= 11 is 0. The Morgan fingerprint density at radius 3 is 2.62 bits per heavy atom. The smallest absolute Gasteiger partial charge is 0.348 e. The highest BCUT2D eigenvalue weighted by atomic mass is 16.5. The lowest BCUT2D eigenvalue weighted by Crippen LogP contribution is -2.23. The number of carbonyl (C=O) groups is 2. The van der Waals surface area contributed by atoms with Gasteiger partial charge in [-0.3, -0.25) is 4.68 Å². The minimum atomic E-state index is -1.18. The Kier molecular flexibility index (Phi) is 6.28. The van der Waals surface area contributed by atoms with Crippen LogP contribution in [0.5, 0.6) is 0 Å². The molecule has 0 atom stereocenters. The number of ether oxygens (including phenoxy) is 1. The van der Waals surface area contributed by atoms with E-state index in [9.17, 15) is 20.0 Å². The van der Waals surface area contributed by atoms with Crippen molar-refractivity contribution in [3.63, 3.8) is 0 Å². The van der Waals surface area contributed by atoms with Gasteiger partial charge in [0.1, 0.15) is 11.6 Å². The largest absolute Gasteiger partial charge is 0.550 e. The number of benzene rings is 1. The lowest BCUT2D eigenvalue weighted by Gasteiger charge is -2.02. The number of nitrogens with zero attached hydrogens (tertiary/aromatic N) is 3. The molecule has 0 radical (unpaired) electrons. The van der Waals surface area contributed by atoms with Crippen LogP contribution in [-0.2, 0) is 20.9 Å². The van der Waals surface area contributed by atoms with Crippen LogP contribution in [0.2, 0.25) is 0 Å². The number of aromatic nitrogens is 2. The van der Waals surface area contributed by atoms with Crippen molar-refractivity contribution in [1.82, 2.24) is 9.78 Å². The van der Waals surface area contributed by atoms with Gasteiger partial charge in [0.05, 0.1) is 12.3 Å². The molecule has 0 saturated carbocycles. The number of carbonyl (C=O) groups excluding carboxylic acids is 2. The van der Waals surface area contributed by atoms with Crippen molar-refractivity contribution in [3.05, 3.63) is 47.2 Å². The van der Waals surface area contributed by atoms with Crippen LogP contribution in [0.15, 0.2) is 36.0 Å². The molecule has 2 rings (SSSR count). The third-order valence-electron chi connectivity index (χ3n) is 3.58. The highest BCUT2D eigenvalue weighted by molar-refractivity contribution is 5.98. The Labute approximate surface area is 151 Å². The predicted octanol–water partition coefficient (Wildman–Crippen LogP) is 1.47. The van der Waals surface area contributed by atoms with Crippen LogP contribution in [0, 0.1) is 18.3 Å². The van der Waals surface area contributed by atoms with Crippen molar-refractivity contribution >= 4 is 18.0 Å². The zero-order valence-corrected chi connectivity index (χ0v) is 14.6. The number of aliphatic carboxylic acids is 1. The van der Waals surface area contributed by atoms with Gasteiger partial charge >= 0.3 is 5.97 Å². The van der Waals surface area contributed by atoms with Gasteiger partial charge in [-0.05, 0) is 19.9 Å². The minimum absolute atomic E-state index is 0.121. The van der Waals surface area contributed by atoms with Crippen LogP contribution >= 0.6 is 0 Å². The molecule has 2 aromatic rings. The molecule has 0 unspecified atom stereocenters. The Bertz CT molecular complexity index is 873. The van der Waals surface area contributed by atoms with Crippen molar-refractivity contribution < 1.29 is 19.4 Å². The van der Waals surface area contributed by atoms with Crippen LogP contribution in [0.4, 0.5) is 0 Å². The van der Waals surface area contributed by atoms with Gasteiger partial charge in [0.25, 0.3) is 0 Å². The summed E-state index contributed by atoms with van der Waals surface area (Å²) in [6, 6.07) is 9.40. The molecule has 7 heteroatoms. The third kappa shape index (κ3) is 4.80. The standard InChI is InChI=1S/C19H19N3O4/c1-3-26-19(25)15(11-20)10-16-12-22(9-8-17(23)24)21-18(16)14-6-4-13(2)5-7-14/h4-7,10,12H,3,8-9H2,1-2H3,(H,23,24)/p-1. The number of rotatable bonds is 7. The van der Waals surface area contributed by atoms with E-state index in [1.54, 1.807) is 13.1 Å². The maximum Gasteiger partial charge on any atom is 0.348 e. The van der Waals surface area contributed by atoms with Gasteiger partial charge < -0.3 is 14.6 Å². The number of carboxylic acid groups (broad SMARTS) is 1. The van der Waals surface area contributed by atoms with Gasteiger partial charge in [0.2, 0.25) is 0 Å². The second kappa shape index (κ2) is 8.62. The van der Waals surface area contributed by atoms with Crippen molar-refractivity contribution in [3.8, 4) is 17.3 Å². The molecule has 1 aromatic carbocycles. The van der Waals surface area contributed by atoms with Crippen molar-refractivity contribution in [2.45, 2.75) is 26.8 Å². The van der Waals surface area contributed by atoms with E-state index in [0.717, 1.165) is 11.1 Å². The van der Waals surface area contributed by atoms with Crippen molar-refractivity contribution in [2.24, 2.45) is 0 Å². The van der Waals surface area contributed by atoms with E-state index in [4.69, 9.17) is 4.74 Å². The molecule has 0 aliphatic carbocycles. The van der Waals surface area contributed by atoms with Gasteiger partial charge in [-0.25, -0.2) is 4.79 Å². The number of nitriles is 1. The summed E-state index contributed by atoms with van der Waals surface area (Å²) in [6.45, 7) is 3.89. The van der Waals surface area contributed by atoms with E-state index >= 15 is 0 Å². The van der Waals surface area contributed by atoms with Crippen molar-refractivity contribution in [2.75, 3.05) is 6.61 Å². The molecule has 0 N–H and O–H groups in total. The van der Waals surface area contributed by atoms with Gasteiger partial charge in [0.15, 0.2) is 0 Å². The summed E-state index contributed by atoms with van der Waals surface area (Å²) in [5, 5.41) is 24.3. The number of hydrogen-bond donors (Lipinski definition) is 0. The summed E-state index contributed by atoms with van der Waals surface area (Å²) < 4.78 is 6.33. The van der Waals surface area contributed by atoms with E-state index in [1.165, 1.54) is 10.8 Å². The van der Waals surface area contributed by atoms with Gasteiger partial charge in [0, 0.05) is 36.3 Å². The zero-order valence-electron chi connectivity index (χ0n) is 14.6. The molecule has 1 heterocycles. The van der Waals surface area contributed by atoms with Gasteiger partial charge in [-0.1, -0.05) is 29.8 Å². The molecule has 0 saturated heterocycles. The lowest BCUT2D eigenvalue weighted by molar-refractivity contribution is -0.306. The second-order valence-corrected chi connectivity index (χ2v) is 5.57. The van der Waals surface area contributed by atoms with Crippen LogP contribution in [0.1, 0.15) is 24.5 Å². The summed E-state index contributed by atoms with van der Waals surface area (Å²) in [5.74, 6) is -1.90. The molecule has 0 amide bonds. The fourth-order valence-electron chi connectivity index (χ4n) is 2.30. The molecule has 0 spiro atoms. The highest BCUT2D eigenvalue weighted by Crippen LogP contribution is 2.25. The van der Waals surface area contributed by atoms with E-state index in [2.05, 4.69) is 5.10 Å². The Morgan fingerprint density at radius 2 is 2.04 bits per heavy atom. The molecular weight excluding hydrogens is 334 g/mol. The summed E-state index contributed by atoms with van der Waals surface area (Å²) in [5.41, 5.74) is 2.78. The first-order valence-electron chi connectivity index (χ1n) is 8.07. The quantitative estimate of drug-likeness (QED) is 0.424. The molecule has 26 heavy (non-hydrogen) atoms. The van der Waals surface area contributed by atoms with Crippen LogP contribution in [0.25, 0.3) is 17.3 Å². The molecule has 1 aromatic heterocycles. The van der Waals surface area contributed by atoms with E-state index in [-0.39, 0.29) is 25.1 Å². The summed E-state index contributed by atoms with van der Waals surface area (Å²) in [4.78, 5) is 22.6. The Morgan fingerprint density at radius 1 is 1.35 bits per heavy atom. The predicted molar refractivity (Wildman–Crippen MR) is 92.2 cm³/mol. The number of aryl methyl sites for hydroxylation is 2. The first-order valence-corrected chi connectivity index (χ1v) is 8.07. The maximum absolute atomic E-state index is 11.9. The molecule has 0 aliphatic rings. The molecule has 0 aliphatic heterocycles. The molecular formula is C19H18N3O4-. The monoisotopic (exact) mass is 352 g/mol. The van der Waals surface area contributed by atoms with Gasteiger partial charge in [-0.2, -0.15) is 10.4 Å². The van der Waals surface area contributed by atoms with E-state index < -0.39 is 11.9 Å². The SMILES string of the molecule is CCOC(=O)C(C#N)=Cc1cn(CCC(=O)[O-])nc1-c1ccc(C)cc1. The zero-order chi connectivity index (χ0) is 19.1. The van der Waals surface area contributed by atoms with Gasteiger partial charge in [-0.15, -0.1) is 0 Å². The van der Waals surface area contributed by atoms with Crippen LogP contribution < -0.4 is 5.11 Å². The first-order chi connectivity index (χ1) is 12.4. The van der Waals surface area contributed by atoms with E-state index in [0.29, 0.717) is 11.3 Å².